The van der Waals surface area contributed by atoms with Crippen LogP contribution in [0.3, 0.4) is 0 Å². The van der Waals surface area contributed by atoms with Gasteiger partial charge in [-0.3, -0.25) is 4.79 Å². The van der Waals surface area contributed by atoms with Crippen LogP contribution in [-0.2, 0) is 16.5 Å². The highest BCUT2D eigenvalue weighted by atomic mass is 35.5. The normalized spacial score (nSPS) is 13.1. The molecule has 0 unspecified atom stereocenters. The van der Waals surface area contributed by atoms with Crippen molar-refractivity contribution in [3.8, 4) is 0 Å². The molecule has 0 radical (unpaired) electrons. The number of carbonyl (C=O) groups excluding carboxylic acids is 1. The zero-order valence-corrected chi connectivity index (χ0v) is 18.4. The van der Waals surface area contributed by atoms with Crippen molar-refractivity contribution < 1.29 is 22.4 Å². The van der Waals surface area contributed by atoms with E-state index in [1.165, 1.54) is 12.1 Å². The van der Waals surface area contributed by atoms with Gasteiger partial charge in [-0.25, -0.2) is 14.3 Å². The van der Waals surface area contributed by atoms with Crippen molar-refractivity contribution in [1.82, 2.24) is 0 Å². The van der Waals surface area contributed by atoms with Crippen molar-refractivity contribution in [1.29, 1.82) is 0 Å². The summed E-state index contributed by atoms with van der Waals surface area (Å²) >= 11 is 5.86. The predicted molar refractivity (Wildman–Crippen MR) is 118 cm³/mol. The standard InChI is InChI=1S/C16H13ClN2O.C7H8O3S/c17-13-7-5-12(6-8-13)16(20)15-14-4-2-1-3-11(14)9-10-19(15)18;1-6-2-4-7(5-3-6)11(8,9)10/h1-8H,9-10H2,(H-,18,20);2-5H,1H3,(H,8,9,10). The molecule has 1 aliphatic rings. The number of hydrogen-bond acceptors (Lipinski definition) is 5. The molecule has 0 aliphatic carbocycles. The number of rotatable bonds is 3. The molecule has 0 saturated heterocycles. The molecule has 0 amide bonds. The first-order valence-corrected chi connectivity index (χ1v) is 11.3. The third-order valence-corrected chi connectivity index (χ3v) is 5.91. The second-order valence-electron chi connectivity index (χ2n) is 7.05. The molecule has 0 bridgehead atoms. The van der Waals surface area contributed by atoms with Crippen molar-refractivity contribution >= 4 is 33.2 Å². The summed E-state index contributed by atoms with van der Waals surface area (Å²) in [4.78, 5) is 12.5. The fraction of sp³-hybridized carbons (Fsp3) is 0.130. The van der Waals surface area contributed by atoms with Crippen molar-refractivity contribution in [3.63, 3.8) is 0 Å². The lowest BCUT2D eigenvalue weighted by Gasteiger charge is -2.14. The van der Waals surface area contributed by atoms with Crippen LogP contribution in [0.25, 0.3) is 0 Å². The van der Waals surface area contributed by atoms with Crippen LogP contribution in [0.15, 0.2) is 77.7 Å². The van der Waals surface area contributed by atoms with Gasteiger partial charge in [-0.1, -0.05) is 47.5 Å². The molecule has 0 atom stereocenters. The summed E-state index contributed by atoms with van der Waals surface area (Å²) in [5, 5.41) is 0.611. The van der Waals surface area contributed by atoms with Gasteiger partial charge in [0.05, 0.1) is 10.5 Å². The van der Waals surface area contributed by atoms with Crippen LogP contribution in [0.5, 0.6) is 0 Å². The van der Waals surface area contributed by atoms with Gasteiger partial charge < -0.3 is 4.55 Å². The Bertz CT molecular complexity index is 1240. The minimum Gasteiger partial charge on any atom is -0.744 e. The summed E-state index contributed by atoms with van der Waals surface area (Å²) in [6, 6.07) is 20.5. The first-order chi connectivity index (χ1) is 14.7. The number of carbonyl (C=O) groups is 1. The highest BCUT2D eigenvalue weighted by Crippen LogP contribution is 2.18. The van der Waals surface area contributed by atoms with E-state index in [9.17, 15) is 17.8 Å². The molecule has 1 heterocycles. The number of aryl methyl sites for hydroxylation is 1. The van der Waals surface area contributed by atoms with Crippen LogP contribution in [0, 0.1) is 6.92 Å². The number of halogens is 1. The summed E-state index contributed by atoms with van der Waals surface area (Å²) < 4.78 is 32.7. The molecule has 6 nitrogen and oxygen atoms in total. The second kappa shape index (κ2) is 9.43. The molecular weight excluding hydrogens is 436 g/mol. The molecule has 0 spiro atoms. The Balaban J connectivity index is 0.000000210. The van der Waals surface area contributed by atoms with Crippen LogP contribution in [0.2, 0.25) is 5.02 Å². The number of nitrogens with zero attached hydrogens (tertiary/aromatic N) is 1. The van der Waals surface area contributed by atoms with Crippen LogP contribution in [0.1, 0.15) is 27.0 Å². The molecule has 2 N–H and O–H groups in total. The largest absolute Gasteiger partial charge is 0.744 e. The quantitative estimate of drug-likeness (QED) is 0.282. The van der Waals surface area contributed by atoms with Gasteiger partial charge in [-0.05, 0) is 55.0 Å². The fourth-order valence-corrected chi connectivity index (χ4v) is 3.77. The summed E-state index contributed by atoms with van der Waals surface area (Å²) in [7, 11) is -4.27. The molecule has 3 aromatic carbocycles. The van der Waals surface area contributed by atoms with Gasteiger partial charge in [0.25, 0.3) is 11.5 Å². The number of nitrogens with two attached hydrogens (primary N) is 1. The van der Waals surface area contributed by atoms with E-state index >= 15 is 0 Å². The van der Waals surface area contributed by atoms with E-state index in [0.717, 1.165) is 23.1 Å². The molecule has 0 aromatic heterocycles. The Kier molecular flexibility index (Phi) is 6.90. The molecule has 160 valence electrons. The predicted octanol–water partition coefficient (Wildman–Crippen LogP) is 3.35. The topological polar surface area (TPSA) is 103 Å². The van der Waals surface area contributed by atoms with Crippen LogP contribution < -0.4 is 5.84 Å². The van der Waals surface area contributed by atoms with E-state index in [-0.39, 0.29) is 10.7 Å². The lowest BCUT2D eigenvalue weighted by molar-refractivity contribution is -0.538. The number of hydrazone groups is 1. The van der Waals surface area contributed by atoms with Gasteiger partial charge in [-0.2, -0.15) is 0 Å². The fourth-order valence-electron chi connectivity index (χ4n) is 3.17. The SMILES string of the molecule is Cc1ccc(S(=O)(=O)[O-])cc1.N[N+]1=C(C(=O)c2ccc(Cl)cc2)c2ccccc2CC1. The van der Waals surface area contributed by atoms with E-state index in [0.29, 0.717) is 22.8 Å². The number of fused-ring (bicyclic) bond motifs is 1. The maximum absolute atomic E-state index is 12.7. The number of hydrazine groups is 1. The van der Waals surface area contributed by atoms with E-state index < -0.39 is 10.1 Å². The lowest BCUT2D eigenvalue weighted by Crippen LogP contribution is -2.39. The number of Topliss-reactive ketones (excluding diaryl/α,β-unsaturated/α-hetero) is 1. The van der Waals surface area contributed by atoms with E-state index in [1.807, 2.05) is 31.2 Å². The Labute approximate surface area is 186 Å². The molecular formula is C23H21ClN2O4S. The van der Waals surface area contributed by atoms with Gasteiger partial charge in [0.15, 0.2) is 6.54 Å². The lowest BCUT2D eigenvalue weighted by atomic mass is 9.92. The van der Waals surface area contributed by atoms with Gasteiger partial charge in [0, 0.05) is 17.0 Å². The molecule has 8 heteroatoms. The van der Waals surface area contributed by atoms with E-state index in [4.69, 9.17) is 17.4 Å². The molecule has 0 fully saturated rings. The molecule has 0 saturated carbocycles. The molecule has 31 heavy (non-hydrogen) atoms. The van der Waals surface area contributed by atoms with Crippen molar-refractivity contribution in [3.05, 3.63) is 100 Å². The van der Waals surface area contributed by atoms with Crippen LogP contribution in [-0.4, -0.2) is 35.7 Å². The van der Waals surface area contributed by atoms with E-state index in [1.54, 1.807) is 41.1 Å². The highest BCUT2D eigenvalue weighted by molar-refractivity contribution is 7.85. The Morgan fingerprint density at radius 2 is 1.61 bits per heavy atom. The number of benzene rings is 3. The van der Waals surface area contributed by atoms with Gasteiger partial charge in [-0.15, -0.1) is 4.68 Å². The van der Waals surface area contributed by atoms with Gasteiger partial charge in [0.1, 0.15) is 10.1 Å². The average molecular weight is 457 g/mol. The summed E-state index contributed by atoms with van der Waals surface area (Å²) in [6.45, 7) is 2.47. The number of hydrogen-bond donors (Lipinski definition) is 1. The van der Waals surface area contributed by atoms with Gasteiger partial charge >= 0.3 is 0 Å². The second-order valence-corrected chi connectivity index (χ2v) is 8.87. The van der Waals surface area contributed by atoms with Crippen LogP contribution in [0.4, 0.5) is 0 Å². The highest BCUT2D eigenvalue weighted by Gasteiger charge is 2.31. The third-order valence-electron chi connectivity index (χ3n) is 4.81. The first kappa shape index (κ1) is 22.7. The minimum atomic E-state index is -4.27. The summed E-state index contributed by atoms with van der Waals surface area (Å²) in [5.74, 6) is 5.94. The van der Waals surface area contributed by atoms with Crippen LogP contribution >= 0.6 is 11.6 Å². The van der Waals surface area contributed by atoms with Gasteiger partial charge in [0.2, 0.25) is 0 Å². The van der Waals surface area contributed by atoms with Crippen molar-refractivity contribution in [2.75, 3.05) is 6.54 Å². The Hall–Kier alpha value is -3.00. The first-order valence-electron chi connectivity index (χ1n) is 9.47. The Morgan fingerprint density at radius 3 is 2.23 bits per heavy atom. The van der Waals surface area contributed by atoms with Crippen molar-refractivity contribution in [2.24, 2.45) is 5.84 Å². The summed E-state index contributed by atoms with van der Waals surface area (Å²) in [5.41, 5.74) is 4.15. The zero-order chi connectivity index (χ0) is 22.6. The van der Waals surface area contributed by atoms with Crippen molar-refractivity contribution in [2.45, 2.75) is 18.2 Å². The Morgan fingerprint density at radius 1 is 1.00 bits per heavy atom. The zero-order valence-electron chi connectivity index (χ0n) is 16.8. The average Bonchev–Trinajstić information content (AvgIpc) is 2.74. The molecule has 3 aromatic rings. The maximum atomic E-state index is 12.7. The smallest absolute Gasteiger partial charge is 0.283 e. The third kappa shape index (κ3) is 5.58. The maximum Gasteiger partial charge on any atom is 0.283 e. The molecule has 4 rings (SSSR count). The minimum absolute atomic E-state index is 0.0729. The monoisotopic (exact) mass is 456 g/mol. The molecule has 1 aliphatic heterocycles. The van der Waals surface area contributed by atoms with E-state index in [2.05, 4.69) is 0 Å². The summed E-state index contributed by atoms with van der Waals surface area (Å²) in [6.07, 6.45) is 0.851. The number of ketones is 1.